The zero-order valence-electron chi connectivity index (χ0n) is 12.8. The molecule has 0 saturated carbocycles. The third-order valence-corrected chi connectivity index (χ3v) is 3.79. The van der Waals surface area contributed by atoms with E-state index in [1.165, 1.54) is 12.7 Å². The molecule has 0 bridgehead atoms. The highest BCUT2D eigenvalue weighted by molar-refractivity contribution is 6.00. The molecule has 0 spiro atoms. The summed E-state index contributed by atoms with van der Waals surface area (Å²) in [5.41, 5.74) is 1.99. The zero-order valence-corrected chi connectivity index (χ0v) is 12.8. The van der Waals surface area contributed by atoms with Crippen LogP contribution in [0.25, 0.3) is 0 Å². The first-order chi connectivity index (χ1) is 10.5. The van der Waals surface area contributed by atoms with Gasteiger partial charge in [-0.25, -0.2) is 0 Å². The van der Waals surface area contributed by atoms with Crippen LogP contribution in [0, 0.1) is 5.92 Å². The maximum absolute atomic E-state index is 12.1. The molecule has 2 amide bonds. The van der Waals surface area contributed by atoms with Crippen LogP contribution in [-0.4, -0.2) is 38.0 Å². The Morgan fingerprint density at radius 3 is 2.59 bits per heavy atom. The number of amides is 2. The number of methoxy groups -OCH3 is 1. The van der Waals surface area contributed by atoms with E-state index >= 15 is 0 Å². The number of rotatable bonds is 5. The van der Waals surface area contributed by atoms with Gasteiger partial charge in [-0.3, -0.25) is 14.4 Å². The monoisotopic (exact) mass is 304 g/mol. The van der Waals surface area contributed by atoms with Gasteiger partial charge in [0.1, 0.15) is 6.54 Å². The molecule has 1 aliphatic rings. The minimum absolute atomic E-state index is 0.0810. The molecule has 1 aliphatic heterocycles. The number of carbonyl (C=O) groups is 3. The topological polar surface area (TPSA) is 75.7 Å². The molecule has 1 atom stereocenters. The lowest BCUT2D eigenvalue weighted by molar-refractivity contribution is -0.141. The zero-order chi connectivity index (χ0) is 16.1. The summed E-state index contributed by atoms with van der Waals surface area (Å²) < 4.78 is 4.47. The lowest BCUT2D eigenvalue weighted by Gasteiger charge is -2.17. The number of anilines is 1. The molecule has 6 nitrogen and oxygen atoms in total. The number of carbonyl (C=O) groups excluding carboxylic acids is 3. The van der Waals surface area contributed by atoms with Gasteiger partial charge in [0.05, 0.1) is 13.0 Å². The summed E-state index contributed by atoms with van der Waals surface area (Å²) in [4.78, 5) is 36.7. The average Bonchev–Trinajstić information content (AvgIpc) is 2.94. The fraction of sp³-hybridized carbons (Fsp3) is 0.438. The van der Waals surface area contributed by atoms with Gasteiger partial charge in [-0.2, -0.15) is 0 Å². The Hall–Kier alpha value is -2.37. The van der Waals surface area contributed by atoms with Crippen LogP contribution in [0.3, 0.4) is 0 Å². The molecule has 1 saturated heterocycles. The third kappa shape index (κ3) is 3.63. The predicted molar refractivity (Wildman–Crippen MR) is 81.3 cm³/mol. The van der Waals surface area contributed by atoms with E-state index in [0.29, 0.717) is 6.54 Å². The second-order valence-electron chi connectivity index (χ2n) is 5.22. The summed E-state index contributed by atoms with van der Waals surface area (Å²) >= 11 is 0. The standard InChI is InChI=1S/C16H20N2O4/c1-3-11-4-6-13(7-5-11)18-10-12(8-14(18)19)16(21)17-9-15(20)22-2/h4-7,12H,3,8-10H2,1-2H3,(H,17,21). The van der Waals surface area contributed by atoms with Crippen molar-refractivity contribution in [1.29, 1.82) is 0 Å². The Labute approximate surface area is 129 Å². The molecule has 1 N–H and O–H groups in total. The molecule has 0 radical (unpaired) electrons. The lowest BCUT2D eigenvalue weighted by atomic mass is 10.1. The van der Waals surface area contributed by atoms with Gasteiger partial charge < -0.3 is 15.0 Å². The van der Waals surface area contributed by atoms with Crippen LogP contribution in [0.5, 0.6) is 0 Å². The quantitative estimate of drug-likeness (QED) is 0.820. The van der Waals surface area contributed by atoms with E-state index in [1.807, 2.05) is 24.3 Å². The van der Waals surface area contributed by atoms with E-state index in [-0.39, 0.29) is 24.8 Å². The van der Waals surface area contributed by atoms with E-state index in [1.54, 1.807) is 4.90 Å². The molecule has 118 valence electrons. The van der Waals surface area contributed by atoms with Crippen molar-refractivity contribution >= 4 is 23.5 Å². The summed E-state index contributed by atoms with van der Waals surface area (Å²) in [5, 5.41) is 2.49. The highest BCUT2D eigenvalue weighted by atomic mass is 16.5. The van der Waals surface area contributed by atoms with Gasteiger partial charge >= 0.3 is 5.97 Å². The molecule has 1 unspecified atom stereocenters. The van der Waals surface area contributed by atoms with Crippen molar-refractivity contribution in [2.75, 3.05) is 25.1 Å². The molecule has 1 heterocycles. The summed E-state index contributed by atoms with van der Waals surface area (Å²) in [6.07, 6.45) is 1.09. The molecule has 6 heteroatoms. The normalized spacial score (nSPS) is 17.5. The van der Waals surface area contributed by atoms with Gasteiger partial charge in [0, 0.05) is 18.7 Å². The molecular weight excluding hydrogens is 284 g/mol. The molecule has 1 aromatic carbocycles. The van der Waals surface area contributed by atoms with Crippen molar-refractivity contribution in [3.8, 4) is 0 Å². The number of hydrogen-bond acceptors (Lipinski definition) is 4. The highest BCUT2D eigenvalue weighted by Gasteiger charge is 2.35. The molecule has 22 heavy (non-hydrogen) atoms. The van der Waals surface area contributed by atoms with Gasteiger partial charge in [-0.1, -0.05) is 19.1 Å². The van der Waals surface area contributed by atoms with Crippen LogP contribution in [-0.2, 0) is 25.5 Å². The minimum Gasteiger partial charge on any atom is -0.468 e. The van der Waals surface area contributed by atoms with E-state index in [4.69, 9.17) is 0 Å². The van der Waals surface area contributed by atoms with Gasteiger partial charge in [0.25, 0.3) is 0 Å². The molecule has 0 aliphatic carbocycles. The summed E-state index contributed by atoms with van der Waals surface area (Å²) in [6.45, 7) is 2.22. The predicted octanol–water partition coefficient (Wildman–Crippen LogP) is 0.891. The first-order valence-electron chi connectivity index (χ1n) is 7.29. The van der Waals surface area contributed by atoms with Crippen LogP contribution in [0.4, 0.5) is 5.69 Å². The largest absolute Gasteiger partial charge is 0.468 e. The Morgan fingerprint density at radius 1 is 1.32 bits per heavy atom. The van der Waals surface area contributed by atoms with E-state index < -0.39 is 11.9 Å². The smallest absolute Gasteiger partial charge is 0.325 e. The highest BCUT2D eigenvalue weighted by Crippen LogP contribution is 2.25. The van der Waals surface area contributed by atoms with Gasteiger partial charge in [0.2, 0.25) is 11.8 Å². The van der Waals surface area contributed by atoms with Crippen LogP contribution >= 0.6 is 0 Å². The van der Waals surface area contributed by atoms with E-state index in [2.05, 4.69) is 17.0 Å². The number of nitrogens with one attached hydrogen (secondary N) is 1. The Morgan fingerprint density at radius 2 is 2.00 bits per heavy atom. The molecule has 1 aromatic rings. The fourth-order valence-electron chi connectivity index (χ4n) is 2.42. The first kappa shape index (κ1) is 16.0. The van der Waals surface area contributed by atoms with Crippen molar-refractivity contribution in [3.05, 3.63) is 29.8 Å². The Kier molecular flexibility index (Phi) is 5.14. The molecule has 1 fully saturated rings. The van der Waals surface area contributed by atoms with Gasteiger partial charge in [-0.15, -0.1) is 0 Å². The maximum Gasteiger partial charge on any atom is 0.325 e. The van der Waals surface area contributed by atoms with Crippen molar-refractivity contribution in [2.24, 2.45) is 5.92 Å². The SMILES string of the molecule is CCc1ccc(N2CC(C(=O)NCC(=O)OC)CC2=O)cc1. The Bertz CT molecular complexity index is 568. The number of benzene rings is 1. The van der Waals surface area contributed by atoms with Crippen molar-refractivity contribution in [3.63, 3.8) is 0 Å². The van der Waals surface area contributed by atoms with Crippen molar-refractivity contribution < 1.29 is 19.1 Å². The van der Waals surface area contributed by atoms with Crippen LogP contribution in [0.2, 0.25) is 0 Å². The number of esters is 1. The van der Waals surface area contributed by atoms with E-state index in [0.717, 1.165) is 12.1 Å². The van der Waals surface area contributed by atoms with Crippen LogP contribution in [0.1, 0.15) is 18.9 Å². The lowest BCUT2D eigenvalue weighted by Crippen LogP contribution is -2.36. The summed E-state index contributed by atoms with van der Waals surface area (Å²) in [5.74, 6) is -1.33. The minimum atomic E-state index is -0.510. The van der Waals surface area contributed by atoms with Crippen LogP contribution in [0.15, 0.2) is 24.3 Å². The maximum atomic E-state index is 12.1. The van der Waals surface area contributed by atoms with Gasteiger partial charge in [0.15, 0.2) is 0 Å². The summed E-state index contributed by atoms with van der Waals surface area (Å²) in [7, 11) is 1.26. The molecule has 2 rings (SSSR count). The molecule has 0 aromatic heterocycles. The Balaban J connectivity index is 1.97. The summed E-state index contributed by atoms with van der Waals surface area (Å²) in [6, 6.07) is 7.75. The third-order valence-electron chi connectivity index (χ3n) is 3.79. The van der Waals surface area contributed by atoms with Crippen LogP contribution < -0.4 is 10.2 Å². The average molecular weight is 304 g/mol. The number of aryl methyl sites for hydroxylation is 1. The van der Waals surface area contributed by atoms with Crippen molar-refractivity contribution in [2.45, 2.75) is 19.8 Å². The van der Waals surface area contributed by atoms with Gasteiger partial charge in [-0.05, 0) is 24.1 Å². The first-order valence-corrected chi connectivity index (χ1v) is 7.29. The van der Waals surface area contributed by atoms with E-state index in [9.17, 15) is 14.4 Å². The number of nitrogens with zero attached hydrogens (tertiary/aromatic N) is 1. The second kappa shape index (κ2) is 7.06. The number of ether oxygens (including phenoxy) is 1. The fourth-order valence-corrected chi connectivity index (χ4v) is 2.42. The molecular formula is C16H20N2O4. The van der Waals surface area contributed by atoms with Crippen molar-refractivity contribution in [1.82, 2.24) is 5.32 Å². The second-order valence-corrected chi connectivity index (χ2v) is 5.22. The number of hydrogen-bond donors (Lipinski definition) is 1.